The number of rotatable bonds is 7. The molecule has 0 saturated heterocycles. The first kappa shape index (κ1) is 31.4. The predicted octanol–water partition coefficient (Wildman–Crippen LogP) is 7.56. The first-order valence-corrected chi connectivity index (χ1v) is 10.4. The van der Waals surface area contributed by atoms with Crippen LogP contribution in [0.15, 0.2) is 0 Å². The summed E-state index contributed by atoms with van der Waals surface area (Å²) < 4.78 is 256. The summed E-state index contributed by atoms with van der Waals surface area (Å²) in [5, 5.41) is 0. The van der Waals surface area contributed by atoms with Crippen molar-refractivity contribution in [2.45, 2.75) is 53.1 Å². The maximum Gasteiger partial charge on any atom is 0.460 e. The Balaban J connectivity index is 7.00. The highest BCUT2D eigenvalue weighted by molar-refractivity contribution is 7.47. The third kappa shape index (κ3) is 3.67. The smallest absolute Gasteiger partial charge is 0.201 e. The van der Waals surface area contributed by atoms with E-state index in [1.54, 1.807) is 0 Å². The van der Waals surface area contributed by atoms with Crippen LogP contribution in [-0.2, 0) is 0 Å². The first-order valence-electron chi connectivity index (χ1n) is 6.41. The van der Waals surface area contributed by atoms with E-state index in [1.165, 1.54) is 0 Å². The van der Waals surface area contributed by atoms with E-state index in [4.69, 9.17) is 0 Å². The molecule has 0 heterocycles. The van der Waals surface area contributed by atoms with E-state index in [0.29, 0.717) is 0 Å². The van der Waals surface area contributed by atoms with Gasteiger partial charge in [-0.25, -0.2) is 8.78 Å². The summed E-state index contributed by atoms with van der Waals surface area (Å²) in [6.07, 6.45) is -15.4. The summed E-state index contributed by atoms with van der Waals surface area (Å²) in [4.78, 5) is 0. The van der Waals surface area contributed by atoms with Gasteiger partial charge < -0.3 is 0 Å². The Hall–Kier alpha value is -0.603. The highest BCUT2D eigenvalue weighted by atomic mass is 35.7. The van der Waals surface area contributed by atoms with Gasteiger partial charge in [0, 0.05) is 0 Å². The highest BCUT2D eigenvalue weighted by Gasteiger charge is 2.97. The van der Waals surface area contributed by atoms with Gasteiger partial charge in [-0.15, -0.1) is 22.2 Å². The fourth-order valence-electron chi connectivity index (χ4n) is 1.54. The van der Waals surface area contributed by atoms with Crippen molar-refractivity contribution in [2.75, 3.05) is 0 Å². The van der Waals surface area contributed by atoms with Crippen LogP contribution in [0.4, 0.5) is 87.8 Å². The quantitative estimate of drug-likeness (QED) is 0.164. The van der Waals surface area contributed by atoms with E-state index in [-0.39, 0.29) is 0 Å². The molecule has 0 aromatic heterocycles. The number of halogens is 22. The molecule has 0 aromatic carbocycles. The Bertz CT molecular complexity index is 641. The second kappa shape index (κ2) is 7.45. The minimum absolute atomic E-state index is 3.83. The lowest BCUT2D eigenvalue weighted by molar-refractivity contribution is -0.448. The Morgan fingerprint density at radius 2 is 0.562 bits per heavy atom. The van der Waals surface area contributed by atoms with Crippen LogP contribution in [0.25, 0.3) is 0 Å². The number of alkyl halides is 20. The summed E-state index contributed by atoms with van der Waals surface area (Å²) >= 11 is 7.66. The Kier molecular flexibility index (Phi) is 7.31. The molecule has 0 rings (SSSR count). The number of hydrogen-bond donors (Lipinski definition) is 0. The van der Waals surface area contributed by atoms with Crippen molar-refractivity contribution in [3.63, 3.8) is 0 Å². The molecule has 0 nitrogen and oxygen atoms in total. The lowest BCUT2D eigenvalue weighted by Gasteiger charge is -2.44. The van der Waals surface area contributed by atoms with E-state index >= 15 is 0 Å². The van der Waals surface area contributed by atoms with Gasteiger partial charge in [-0.1, -0.05) is 0 Å². The molecular formula is C9Cl2F20Si. The van der Waals surface area contributed by atoms with E-state index in [2.05, 4.69) is 22.2 Å². The van der Waals surface area contributed by atoms with Gasteiger partial charge in [0.2, 0.25) is 0 Å². The zero-order valence-corrected chi connectivity index (χ0v) is 15.8. The highest BCUT2D eigenvalue weighted by Crippen LogP contribution is 2.65. The Morgan fingerprint density at radius 3 is 0.812 bits per heavy atom. The Labute approximate surface area is 170 Å². The van der Waals surface area contributed by atoms with Crippen LogP contribution in [0.2, 0.25) is 0 Å². The minimum Gasteiger partial charge on any atom is -0.201 e. The minimum atomic E-state index is -8.90. The maximum absolute atomic E-state index is 13.5. The molecule has 194 valence electrons. The van der Waals surface area contributed by atoms with Crippen LogP contribution >= 0.6 is 22.2 Å². The zero-order chi connectivity index (χ0) is 27.0. The molecule has 0 fully saturated rings. The third-order valence-electron chi connectivity index (χ3n) is 3.47. The van der Waals surface area contributed by atoms with Crippen LogP contribution < -0.4 is 0 Å². The van der Waals surface area contributed by atoms with Gasteiger partial charge in [0.15, 0.2) is 0 Å². The zero-order valence-electron chi connectivity index (χ0n) is 13.3. The van der Waals surface area contributed by atoms with Crippen molar-refractivity contribution in [1.29, 1.82) is 0 Å². The molecule has 0 aliphatic heterocycles. The normalized spacial score (nSPS) is 17.1. The van der Waals surface area contributed by atoms with Crippen molar-refractivity contribution in [3.05, 3.63) is 0 Å². The van der Waals surface area contributed by atoms with E-state index < -0.39 is 59.8 Å². The second-order valence-electron chi connectivity index (χ2n) is 5.59. The van der Waals surface area contributed by atoms with Gasteiger partial charge in [0.25, 0.3) is 0 Å². The van der Waals surface area contributed by atoms with Crippen molar-refractivity contribution in [2.24, 2.45) is 0 Å². The molecule has 0 atom stereocenters. The van der Waals surface area contributed by atoms with Crippen molar-refractivity contribution in [1.82, 2.24) is 0 Å². The fraction of sp³-hybridized carbons (Fsp3) is 1.00. The monoisotopic (exact) mass is 586 g/mol. The average molecular weight is 587 g/mol. The van der Waals surface area contributed by atoms with Gasteiger partial charge in [0.1, 0.15) is 0 Å². The molecule has 0 bridgehead atoms. The van der Waals surface area contributed by atoms with E-state index in [1.807, 2.05) is 0 Å². The van der Waals surface area contributed by atoms with Crippen LogP contribution in [0.3, 0.4) is 0 Å². The van der Waals surface area contributed by atoms with E-state index in [9.17, 15) is 87.8 Å². The molecular weight excluding hydrogens is 587 g/mol. The molecule has 0 spiro atoms. The maximum atomic E-state index is 13.5. The molecule has 0 aromatic rings. The van der Waals surface area contributed by atoms with Crippen molar-refractivity contribution in [3.8, 4) is 0 Å². The molecule has 0 amide bonds. The summed E-state index contributed by atoms with van der Waals surface area (Å²) in [7, 11) is 0. The van der Waals surface area contributed by atoms with Gasteiger partial charge >= 0.3 is 59.8 Å². The van der Waals surface area contributed by atoms with Gasteiger partial charge in [-0.2, -0.15) is 79.0 Å². The molecule has 0 radical (unpaired) electrons. The molecule has 0 aliphatic carbocycles. The summed E-state index contributed by atoms with van der Waals surface area (Å²) in [5.74, 6) is -43.6. The van der Waals surface area contributed by atoms with Gasteiger partial charge in [-0.3, -0.25) is 0 Å². The molecule has 32 heavy (non-hydrogen) atoms. The lowest BCUT2D eigenvalue weighted by Crippen LogP contribution is -2.78. The van der Waals surface area contributed by atoms with Crippen LogP contribution in [0, 0.1) is 0 Å². The first-order chi connectivity index (χ1) is 13.2. The summed E-state index contributed by atoms with van der Waals surface area (Å²) in [6.45, 7) is -8.82. The Morgan fingerprint density at radius 1 is 0.312 bits per heavy atom. The SMILES string of the molecule is FC(F)(F)C(F)(F)C(F)(F)C(F)(F)C(F)(F)C(F)(F)C(F)(F)[Si](Cl)(Cl)C(F)(F)C(F)(F)F. The fourth-order valence-corrected chi connectivity index (χ4v) is 4.20. The molecule has 0 aliphatic rings. The van der Waals surface area contributed by atoms with Crippen LogP contribution in [-0.4, -0.2) is 59.8 Å². The standard InChI is InChI=1S/C9Cl2F20Si/c10-32(11,9(30,31)7(25,26)27)8(28,29)5(20,21)3(16,17)1(12,13)2(14,15)4(18,19)6(22,23)24. The average Bonchev–Trinajstić information content (AvgIpc) is 2.51. The molecule has 23 heteroatoms. The molecule has 0 N–H and O–H groups in total. The van der Waals surface area contributed by atoms with Crippen LogP contribution in [0.1, 0.15) is 0 Å². The van der Waals surface area contributed by atoms with Crippen molar-refractivity contribution >= 4 is 28.9 Å². The van der Waals surface area contributed by atoms with Crippen molar-refractivity contribution < 1.29 is 87.8 Å². The lowest BCUT2D eigenvalue weighted by atomic mass is 9.94. The van der Waals surface area contributed by atoms with Gasteiger partial charge in [0.05, 0.1) is 0 Å². The predicted molar refractivity (Wildman–Crippen MR) is 64.2 cm³/mol. The third-order valence-corrected chi connectivity index (χ3v) is 8.50. The van der Waals surface area contributed by atoms with Crippen LogP contribution in [0.5, 0.6) is 0 Å². The second-order valence-corrected chi connectivity index (χ2v) is 12.0. The van der Waals surface area contributed by atoms with Gasteiger partial charge in [-0.05, 0) is 0 Å². The van der Waals surface area contributed by atoms with E-state index in [0.717, 1.165) is 0 Å². The summed E-state index contributed by atoms with van der Waals surface area (Å²) in [5.41, 5.74) is -15.6. The number of hydrogen-bond acceptors (Lipinski definition) is 0. The largest absolute Gasteiger partial charge is 0.460 e. The molecule has 0 saturated carbocycles. The molecule has 0 unspecified atom stereocenters. The topological polar surface area (TPSA) is 0 Å². The summed E-state index contributed by atoms with van der Waals surface area (Å²) in [6, 6.07) is 0.